The minimum atomic E-state index is -4.44. The van der Waals surface area contributed by atoms with Crippen LogP contribution in [0, 0.1) is 0 Å². The average Bonchev–Trinajstić information content (AvgIpc) is 2.23. The van der Waals surface area contributed by atoms with Gasteiger partial charge in [0.2, 0.25) is 6.08 Å². The molecule has 0 atom stereocenters. The molecule has 2 nitrogen and oxygen atoms in total. The Labute approximate surface area is 106 Å². The zero-order valence-electron chi connectivity index (χ0n) is 9.22. The predicted octanol–water partition coefficient (Wildman–Crippen LogP) is 4.07. The summed E-state index contributed by atoms with van der Waals surface area (Å²) < 4.78 is 37.9. The van der Waals surface area contributed by atoms with Crippen LogP contribution >= 0.6 is 11.6 Å². The Hall–Kier alpha value is -1.32. The van der Waals surface area contributed by atoms with Crippen LogP contribution in [0.1, 0.15) is 30.4 Å². The van der Waals surface area contributed by atoms with Crippen LogP contribution in [0.4, 0.5) is 13.2 Å². The average molecular weight is 276 g/mol. The fourth-order valence-corrected chi connectivity index (χ4v) is 2.39. The van der Waals surface area contributed by atoms with E-state index in [9.17, 15) is 18.0 Å². The number of benzene rings is 1. The van der Waals surface area contributed by atoms with Crippen LogP contribution in [0.25, 0.3) is 0 Å². The minimum absolute atomic E-state index is 0.196. The Morgan fingerprint density at radius 1 is 1.33 bits per heavy atom. The van der Waals surface area contributed by atoms with Gasteiger partial charge in [0.15, 0.2) is 0 Å². The quantitative estimate of drug-likeness (QED) is 0.591. The lowest BCUT2D eigenvalue weighted by Crippen LogP contribution is -2.32. The van der Waals surface area contributed by atoms with Crippen molar-refractivity contribution in [1.29, 1.82) is 0 Å². The zero-order valence-corrected chi connectivity index (χ0v) is 9.98. The summed E-state index contributed by atoms with van der Waals surface area (Å²) in [4.78, 5) is 14.1. The minimum Gasteiger partial charge on any atom is -0.211 e. The molecule has 6 heteroatoms. The van der Waals surface area contributed by atoms with Crippen LogP contribution in [-0.4, -0.2) is 6.08 Å². The van der Waals surface area contributed by atoms with Crippen molar-refractivity contribution in [3.8, 4) is 0 Å². The summed E-state index contributed by atoms with van der Waals surface area (Å²) in [6, 6.07) is 3.09. The first-order valence-corrected chi connectivity index (χ1v) is 5.73. The van der Waals surface area contributed by atoms with Crippen molar-refractivity contribution in [3.05, 3.63) is 34.3 Å². The molecule has 0 aliphatic heterocycles. The number of carbonyl (C=O) groups excluding carboxylic acids is 1. The molecule has 1 saturated carbocycles. The second kappa shape index (κ2) is 4.41. The van der Waals surface area contributed by atoms with E-state index in [1.54, 1.807) is 0 Å². The van der Waals surface area contributed by atoms with Gasteiger partial charge < -0.3 is 0 Å². The Balaban J connectivity index is 2.53. The fourth-order valence-electron chi connectivity index (χ4n) is 2.10. The Bertz CT molecular complexity index is 517. The van der Waals surface area contributed by atoms with Crippen molar-refractivity contribution in [2.75, 3.05) is 0 Å². The summed E-state index contributed by atoms with van der Waals surface area (Å²) in [5.74, 6) is 0. The van der Waals surface area contributed by atoms with Gasteiger partial charge in [-0.2, -0.15) is 18.2 Å². The molecule has 0 N–H and O–H groups in total. The Morgan fingerprint density at radius 2 is 2.00 bits per heavy atom. The smallest absolute Gasteiger partial charge is 0.211 e. The van der Waals surface area contributed by atoms with Crippen molar-refractivity contribution in [1.82, 2.24) is 0 Å². The van der Waals surface area contributed by atoms with E-state index in [0.717, 1.165) is 18.6 Å². The molecule has 0 amide bonds. The van der Waals surface area contributed by atoms with Crippen molar-refractivity contribution >= 4 is 17.7 Å². The van der Waals surface area contributed by atoms with Gasteiger partial charge in [0.05, 0.1) is 11.1 Å². The molecule has 1 aliphatic carbocycles. The molecule has 1 fully saturated rings. The largest absolute Gasteiger partial charge is 0.416 e. The lowest BCUT2D eigenvalue weighted by molar-refractivity contribution is -0.137. The topological polar surface area (TPSA) is 29.4 Å². The maximum absolute atomic E-state index is 12.6. The lowest BCUT2D eigenvalue weighted by atomic mass is 9.72. The standard InChI is InChI=1S/C12H9ClF3NO/c13-10-3-2-8(12(14,15)16)6-9(10)11(17-7-18)4-1-5-11/h2-3,6H,1,4-5H2. The van der Waals surface area contributed by atoms with Crippen molar-refractivity contribution in [2.45, 2.75) is 31.0 Å². The van der Waals surface area contributed by atoms with E-state index in [4.69, 9.17) is 11.6 Å². The zero-order chi connectivity index (χ0) is 13.4. The predicted molar refractivity (Wildman–Crippen MR) is 60.1 cm³/mol. The number of nitrogens with zero attached hydrogens (tertiary/aromatic N) is 1. The highest BCUT2D eigenvalue weighted by molar-refractivity contribution is 6.31. The number of hydrogen-bond acceptors (Lipinski definition) is 2. The highest BCUT2D eigenvalue weighted by Crippen LogP contribution is 2.48. The molecular weight excluding hydrogens is 267 g/mol. The van der Waals surface area contributed by atoms with Gasteiger partial charge in [-0.25, -0.2) is 4.79 Å². The maximum atomic E-state index is 12.6. The van der Waals surface area contributed by atoms with Gasteiger partial charge in [0.1, 0.15) is 0 Å². The number of isocyanates is 1. The monoisotopic (exact) mass is 275 g/mol. The molecule has 1 aromatic rings. The number of hydrogen-bond donors (Lipinski definition) is 0. The second-order valence-corrected chi connectivity index (χ2v) is 4.69. The first kappa shape index (κ1) is 13.1. The van der Waals surface area contributed by atoms with E-state index in [-0.39, 0.29) is 10.6 Å². The molecule has 0 saturated heterocycles. The van der Waals surface area contributed by atoms with Crippen molar-refractivity contribution in [3.63, 3.8) is 0 Å². The molecule has 96 valence electrons. The van der Waals surface area contributed by atoms with E-state index in [1.807, 2.05) is 0 Å². The third-order valence-corrected chi connectivity index (χ3v) is 3.57. The molecule has 0 unspecified atom stereocenters. The van der Waals surface area contributed by atoms with Crippen LogP contribution in [0.5, 0.6) is 0 Å². The van der Waals surface area contributed by atoms with E-state index in [2.05, 4.69) is 4.99 Å². The maximum Gasteiger partial charge on any atom is 0.416 e. The van der Waals surface area contributed by atoms with Gasteiger partial charge >= 0.3 is 6.18 Å². The van der Waals surface area contributed by atoms with E-state index in [1.165, 1.54) is 12.1 Å². The van der Waals surface area contributed by atoms with Gasteiger partial charge in [-0.05, 0) is 43.0 Å². The summed E-state index contributed by atoms with van der Waals surface area (Å²) in [5.41, 5.74) is -1.44. The molecule has 0 aromatic heterocycles. The molecule has 0 bridgehead atoms. The summed E-state index contributed by atoms with van der Waals surface area (Å²) >= 11 is 5.92. The molecule has 0 spiro atoms. The third kappa shape index (κ3) is 2.16. The highest BCUT2D eigenvalue weighted by Gasteiger charge is 2.42. The highest BCUT2D eigenvalue weighted by atomic mass is 35.5. The Morgan fingerprint density at radius 3 is 2.44 bits per heavy atom. The first-order valence-electron chi connectivity index (χ1n) is 5.35. The van der Waals surface area contributed by atoms with Gasteiger partial charge in [-0.3, -0.25) is 0 Å². The van der Waals surface area contributed by atoms with E-state index < -0.39 is 17.3 Å². The van der Waals surface area contributed by atoms with E-state index in [0.29, 0.717) is 12.8 Å². The SMILES string of the molecule is O=C=NC1(c2cc(C(F)(F)F)ccc2Cl)CCC1. The number of aliphatic imine (C=N–C) groups is 1. The molecule has 1 aliphatic rings. The van der Waals surface area contributed by atoms with Crippen LogP contribution in [0.15, 0.2) is 23.2 Å². The molecule has 0 heterocycles. The van der Waals surface area contributed by atoms with Crippen LogP contribution < -0.4 is 0 Å². The van der Waals surface area contributed by atoms with Gasteiger partial charge in [0, 0.05) is 5.02 Å². The van der Waals surface area contributed by atoms with Crippen LogP contribution in [-0.2, 0) is 16.5 Å². The first-order chi connectivity index (χ1) is 8.39. The van der Waals surface area contributed by atoms with Crippen LogP contribution in [0.3, 0.4) is 0 Å². The lowest BCUT2D eigenvalue weighted by Gasteiger charge is -2.37. The number of rotatable bonds is 2. The van der Waals surface area contributed by atoms with Gasteiger partial charge in [-0.15, -0.1) is 0 Å². The van der Waals surface area contributed by atoms with Crippen molar-refractivity contribution in [2.24, 2.45) is 4.99 Å². The second-order valence-electron chi connectivity index (χ2n) is 4.28. The molecule has 2 rings (SSSR count). The number of alkyl halides is 3. The van der Waals surface area contributed by atoms with Crippen LogP contribution in [0.2, 0.25) is 5.02 Å². The molecule has 18 heavy (non-hydrogen) atoms. The summed E-state index contributed by atoms with van der Waals surface area (Å²) in [6.07, 6.45) is -1.17. The van der Waals surface area contributed by atoms with E-state index >= 15 is 0 Å². The molecular formula is C12H9ClF3NO. The molecule has 0 radical (unpaired) electrons. The summed E-state index contributed by atoms with van der Waals surface area (Å²) in [7, 11) is 0. The summed E-state index contributed by atoms with van der Waals surface area (Å²) in [5, 5.41) is 0.196. The van der Waals surface area contributed by atoms with Gasteiger partial charge in [0.25, 0.3) is 0 Å². The fraction of sp³-hybridized carbons (Fsp3) is 0.417. The number of halogens is 4. The normalized spacial score (nSPS) is 17.8. The summed E-state index contributed by atoms with van der Waals surface area (Å²) in [6.45, 7) is 0. The third-order valence-electron chi connectivity index (χ3n) is 3.24. The Kier molecular flexibility index (Phi) is 3.21. The molecule has 1 aromatic carbocycles. The van der Waals surface area contributed by atoms with Gasteiger partial charge in [-0.1, -0.05) is 11.6 Å². The van der Waals surface area contributed by atoms with Crippen molar-refractivity contribution < 1.29 is 18.0 Å².